The molecular weight excluding hydrogens is 272 g/mol. The minimum atomic E-state index is -0.121. The monoisotopic (exact) mass is 290 g/mol. The highest BCUT2D eigenvalue weighted by molar-refractivity contribution is 7.11. The summed E-state index contributed by atoms with van der Waals surface area (Å²) >= 11 is 1.72. The van der Waals surface area contributed by atoms with Gasteiger partial charge in [0.05, 0.1) is 16.3 Å². The molecule has 2 aromatic heterocycles. The molecule has 6 heteroatoms. The van der Waals surface area contributed by atoms with Crippen molar-refractivity contribution in [1.82, 2.24) is 15.3 Å². The van der Waals surface area contributed by atoms with Gasteiger partial charge in [0, 0.05) is 24.0 Å². The summed E-state index contributed by atoms with van der Waals surface area (Å²) in [6.45, 7) is 4.72. The second-order valence-corrected chi connectivity index (χ2v) is 5.87. The first-order valence-corrected chi connectivity index (χ1v) is 7.30. The van der Waals surface area contributed by atoms with E-state index in [1.807, 2.05) is 6.92 Å². The predicted molar refractivity (Wildman–Crippen MR) is 80.9 cm³/mol. The molecule has 0 aliphatic carbocycles. The van der Waals surface area contributed by atoms with Crippen molar-refractivity contribution >= 4 is 23.1 Å². The molecule has 0 atom stereocenters. The second-order valence-electron chi connectivity index (χ2n) is 4.58. The van der Waals surface area contributed by atoms with Crippen LogP contribution in [0.1, 0.15) is 32.4 Å². The smallest absolute Gasteiger partial charge is 0.252 e. The normalized spacial score (nSPS) is 10.5. The Kier molecular flexibility index (Phi) is 4.68. The Morgan fingerprint density at radius 2 is 2.20 bits per heavy atom. The summed E-state index contributed by atoms with van der Waals surface area (Å²) in [5, 5.41) is 4.00. The fourth-order valence-electron chi connectivity index (χ4n) is 1.73. The second kappa shape index (κ2) is 6.47. The van der Waals surface area contributed by atoms with Crippen molar-refractivity contribution in [1.29, 1.82) is 0 Å². The summed E-state index contributed by atoms with van der Waals surface area (Å²) in [6.07, 6.45) is 3.25. The van der Waals surface area contributed by atoms with Crippen LogP contribution in [0, 0.1) is 13.8 Å². The van der Waals surface area contributed by atoms with Crippen molar-refractivity contribution in [3.05, 3.63) is 39.5 Å². The van der Waals surface area contributed by atoms with Crippen molar-refractivity contribution in [2.75, 3.05) is 12.3 Å². The molecule has 1 amide bonds. The number of hydrogen-bond acceptors (Lipinski definition) is 5. The number of nitrogens with two attached hydrogens (primary N) is 1. The zero-order valence-electron chi connectivity index (χ0n) is 11.6. The van der Waals surface area contributed by atoms with E-state index in [1.54, 1.807) is 23.5 Å². The van der Waals surface area contributed by atoms with Crippen molar-refractivity contribution in [2.24, 2.45) is 0 Å². The Morgan fingerprint density at radius 1 is 1.40 bits per heavy atom. The lowest BCUT2D eigenvalue weighted by Gasteiger charge is -2.04. The van der Waals surface area contributed by atoms with Gasteiger partial charge in [-0.15, -0.1) is 11.3 Å². The quantitative estimate of drug-likeness (QED) is 0.826. The van der Waals surface area contributed by atoms with Gasteiger partial charge in [-0.1, -0.05) is 0 Å². The minimum absolute atomic E-state index is 0.121. The maximum absolute atomic E-state index is 11.8. The number of nitrogen functional groups attached to an aromatic ring is 1. The van der Waals surface area contributed by atoms with Gasteiger partial charge in [-0.05, 0) is 32.4 Å². The zero-order valence-corrected chi connectivity index (χ0v) is 12.5. The highest BCUT2D eigenvalue weighted by Gasteiger charge is 2.06. The number of hydrogen-bond donors (Lipinski definition) is 2. The number of anilines is 1. The molecule has 0 unspecified atom stereocenters. The van der Waals surface area contributed by atoms with E-state index >= 15 is 0 Å². The van der Waals surface area contributed by atoms with Crippen LogP contribution in [0.25, 0.3) is 0 Å². The molecule has 0 bridgehead atoms. The number of rotatable bonds is 5. The van der Waals surface area contributed by atoms with Crippen LogP contribution in [-0.4, -0.2) is 22.4 Å². The largest absolute Gasteiger partial charge is 0.384 e. The Balaban J connectivity index is 1.75. The fourth-order valence-corrected chi connectivity index (χ4v) is 2.71. The van der Waals surface area contributed by atoms with E-state index in [0.29, 0.717) is 17.9 Å². The number of pyridine rings is 1. The Hall–Kier alpha value is -1.95. The van der Waals surface area contributed by atoms with Gasteiger partial charge in [0.2, 0.25) is 0 Å². The van der Waals surface area contributed by atoms with Crippen molar-refractivity contribution in [3.63, 3.8) is 0 Å². The summed E-state index contributed by atoms with van der Waals surface area (Å²) < 4.78 is 0. The molecule has 106 valence electrons. The average molecular weight is 290 g/mol. The van der Waals surface area contributed by atoms with E-state index in [0.717, 1.165) is 23.5 Å². The van der Waals surface area contributed by atoms with Crippen LogP contribution in [0.15, 0.2) is 18.3 Å². The Labute approximate surface area is 122 Å². The summed E-state index contributed by atoms with van der Waals surface area (Å²) in [5.74, 6) is 0.292. The molecule has 0 saturated carbocycles. The molecule has 0 spiro atoms. The van der Waals surface area contributed by atoms with Gasteiger partial charge in [0.1, 0.15) is 5.82 Å². The highest BCUT2D eigenvalue weighted by Crippen LogP contribution is 2.17. The molecule has 0 radical (unpaired) electrons. The van der Waals surface area contributed by atoms with Gasteiger partial charge in [-0.25, -0.2) is 9.97 Å². The van der Waals surface area contributed by atoms with Gasteiger partial charge >= 0.3 is 0 Å². The third-order valence-corrected chi connectivity index (χ3v) is 4.11. The van der Waals surface area contributed by atoms with Gasteiger partial charge in [0.15, 0.2) is 0 Å². The lowest BCUT2D eigenvalue weighted by atomic mass is 10.2. The number of amides is 1. The first-order valence-electron chi connectivity index (χ1n) is 6.49. The summed E-state index contributed by atoms with van der Waals surface area (Å²) in [4.78, 5) is 21.5. The first kappa shape index (κ1) is 14.5. The molecule has 0 aromatic carbocycles. The Morgan fingerprint density at radius 3 is 2.80 bits per heavy atom. The van der Waals surface area contributed by atoms with Crippen LogP contribution in [-0.2, 0) is 6.42 Å². The first-order chi connectivity index (χ1) is 9.56. The van der Waals surface area contributed by atoms with Gasteiger partial charge in [-0.3, -0.25) is 4.79 Å². The zero-order chi connectivity index (χ0) is 14.5. The van der Waals surface area contributed by atoms with E-state index in [1.165, 1.54) is 11.1 Å². The number of aryl methyl sites for hydroxylation is 3. The predicted octanol–water partition coefficient (Wildman–Crippen LogP) is 2.10. The number of nitrogens with one attached hydrogen (secondary N) is 1. The molecule has 2 heterocycles. The number of nitrogens with zero attached hydrogens (tertiary/aromatic N) is 2. The summed E-state index contributed by atoms with van der Waals surface area (Å²) in [5.41, 5.74) is 7.11. The summed E-state index contributed by atoms with van der Waals surface area (Å²) in [7, 11) is 0. The molecule has 0 fully saturated rings. The molecule has 0 aliphatic rings. The molecule has 5 nitrogen and oxygen atoms in total. The van der Waals surface area contributed by atoms with Crippen LogP contribution in [0.3, 0.4) is 0 Å². The molecule has 0 saturated heterocycles. The van der Waals surface area contributed by atoms with E-state index in [-0.39, 0.29) is 5.91 Å². The maximum atomic E-state index is 11.8. The average Bonchev–Trinajstić information content (AvgIpc) is 2.74. The minimum Gasteiger partial charge on any atom is -0.384 e. The van der Waals surface area contributed by atoms with E-state index < -0.39 is 0 Å². The summed E-state index contributed by atoms with van der Waals surface area (Å²) in [6, 6.07) is 3.29. The van der Waals surface area contributed by atoms with Crippen LogP contribution >= 0.6 is 11.3 Å². The van der Waals surface area contributed by atoms with Gasteiger partial charge in [-0.2, -0.15) is 0 Å². The van der Waals surface area contributed by atoms with Gasteiger partial charge in [0.25, 0.3) is 5.91 Å². The lowest BCUT2D eigenvalue weighted by Crippen LogP contribution is -2.24. The number of carbonyl (C=O) groups is 1. The molecule has 2 aromatic rings. The van der Waals surface area contributed by atoms with E-state index in [2.05, 4.69) is 22.2 Å². The molecule has 2 rings (SSSR count). The number of thiazole rings is 1. The SMILES string of the molecule is Cc1nc(CCCNC(=O)c2ccc(N)nc2)sc1C. The highest BCUT2D eigenvalue weighted by atomic mass is 32.1. The number of carbonyl (C=O) groups excluding carboxylic acids is 1. The van der Waals surface area contributed by atoms with E-state index in [9.17, 15) is 4.79 Å². The number of aromatic nitrogens is 2. The molecular formula is C14H18N4OS. The van der Waals surface area contributed by atoms with Crippen LogP contribution in [0.4, 0.5) is 5.82 Å². The van der Waals surface area contributed by atoms with Gasteiger partial charge < -0.3 is 11.1 Å². The fraction of sp³-hybridized carbons (Fsp3) is 0.357. The third kappa shape index (κ3) is 3.77. The van der Waals surface area contributed by atoms with Crippen LogP contribution in [0.2, 0.25) is 0 Å². The maximum Gasteiger partial charge on any atom is 0.252 e. The molecule has 3 N–H and O–H groups in total. The molecule has 0 aliphatic heterocycles. The van der Waals surface area contributed by atoms with Crippen molar-refractivity contribution in [2.45, 2.75) is 26.7 Å². The topological polar surface area (TPSA) is 80.9 Å². The van der Waals surface area contributed by atoms with Crippen molar-refractivity contribution in [3.8, 4) is 0 Å². The van der Waals surface area contributed by atoms with Crippen LogP contribution < -0.4 is 11.1 Å². The lowest BCUT2D eigenvalue weighted by molar-refractivity contribution is 0.0953. The standard InChI is InChI=1S/C14H18N4OS/c1-9-10(2)20-13(18-9)4-3-7-16-14(19)11-5-6-12(15)17-8-11/h5-6,8H,3-4,7H2,1-2H3,(H2,15,17)(H,16,19). The van der Waals surface area contributed by atoms with Crippen LogP contribution in [0.5, 0.6) is 0 Å². The molecule has 20 heavy (non-hydrogen) atoms. The van der Waals surface area contributed by atoms with Crippen molar-refractivity contribution < 1.29 is 4.79 Å². The van der Waals surface area contributed by atoms with E-state index in [4.69, 9.17) is 5.73 Å². The third-order valence-electron chi connectivity index (χ3n) is 2.97. The Bertz CT molecular complexity index is 572.